The molecule has 7 heteroatoms. The lowest BCUT2D eigenvalue weighted by atomic mass is 10.0. The zero-order chi connectivity index (χ0) is 19.2. The summed E-state index contributed by atoms with van der Waals surface area (Å²) in [6.45, 7) is 0.670. The Morgan fingerprint density at radius 2 is 1.89 bits per heavy atom. The molecule has 1 atom stereocenters. The molecule has 3 aromatic rings. The van der Waals surface area contributed by atoms with Gasteiger partial charge in [-0.1, -0.05) is 52.5 Å². The van der Waals surface area contributed by atoms with E-state index >= 15 is 0 Å². The molecule has 1 unspecified atom stereocenters. The first kappa shape index (κ1) is 20.4. The molecule has 0 aliphatic carbocycles. The molecule has 4 nitrogen and oxygen atoms in total. The standard InChI is InChI=1S/C20H21BrClN3OS/c21-16-5-1-13(2-6-16)19-12-23-20(25-19)15-4-8-18(22)14(11-15)3-7-17(26)9-10-24-27/h1-2,4-6,8,11-12,17,24,26-27H,3,7,9-10H2,(H,23,25). The monoisotopic (exact) mass is 465 g/mol. The summed E-state index contributed by atoms with van der Waals surface area (Å²) in [5, 5.41) is 10.7. The van der Waals surface area contributed by atoms with Gasteiger partial charge in [-0.05, 0) is 60.7 Å². The minimum atomic E-state index is -0.378. The van der Waals surface area contributed by atoms with E-state index in [1.165, 1.54) is 0 Å². The zero-order valence-electron chi connectivity index (χ0n) is 14.6. The number of imidazole rings is 1. The second-order valence-electron chi connectivity index (χ2n) is 6.35. The lowest BCUT2D eigenvalue weighted by Crippen LogP contribution is -2.14. The van der Waals surface area contributed by atoms with E-state index in [1.807, 2.05) is 48.7 Å². The van der Waals surface area contributed by atoms with Crippen molar-refractivity contribution in [3.63, 3.8) is 0 Å². The average Bonchev–Trinajstić information content (AvgIpc) is 3.16. The highest BCUT2D eigenvalue weighted by Crippen LogP contribution is 2.27. The summed E-state index contributed by atoms with van der Waals surface area (Å²) in [7, 11) is 0. The molecule has 0 aliphatic rings. The van der Waals surface area contributed by atoms with Crippen molar-refractivity contribution >= 4 is 40.3 Å². The van der Waals surface area contributed by atoms with Gasteiger partial charge in [-0.25, -0.2) is 4.98 Å². The number of nitrogens with zero attached hydrogens (tertiary/aromatic N) is 1. The third-order valence-electron chi connectivity index (χ3n) is 4.39. The van der Waals surface area contributed by atoms with E-state index in [-0.39, 0.29) is 6.10 Å². The van der Waals surface area contributed by atoms with Crippen LogP contribution in [0.2, 0.25) is 5.02 Å². The highest BCUT2D eigenvalue weighted by molar-refractivity contribution is 9.10. The molecule has 0 aliphatic heterocycles. The van der Waals surface area contributed by atoms with Crippen molar-refractivity contribution in [2.75, 3.05) is 6.54 Å². The molecular weight excluding hydrogens is 446 g/mol. The van der Waals surface area contributed by atoms with Gasteiger partial charge in [0.2, 0.25) is 0 Å². The Morgan fingerprint density at radius 3 is 2.63 bits per heavy atom. The molecule has 1 aromatic heterocycles. The van der Waals surface area contributed by atoms with Crippen LogP contribution in [0.4, 0.5) is 0 Å². The summed E-state index contributed by atoms with van der Waals surface area (Å²) in [4.78, 5) is 7.88. The van der Waals surface area contributed by atoms with Gasteiger partial charge < -0.3 is 10.1 Å². The van der Waals surface area contributed by atoms with Crippen LogP contribution < -0.4 is 4.72 Å². The van der Waals surface area contributed by atoms with Crippen molar-refractivity contribution in [3.05, 3.63) is 63.7 Å². The van der Waals surface area contributed by atoms with Crippen LogP contribution in [0.1, 0.15) is 18.4 Å². The molecule has 0 bridgehead atoms. The average molecular weight is 467 g/mol. The Balaban J connectivity index is 1.74. The first-order valence-corrected chi connectivity index (χ1v) is 10.3. The van der Waals surface area contributed by atoms with Crippen LogP contribution >= 0.6 is 40.3 Å². The SMILES string of the molecule is OC(CCNS)CCc1cc(-c2ncc(-c3ccc(Br)cc3)[nH]2)ccc1Cl. The van der Waals surface area contributed by atoms with Crippen LogP contribution in [0.25, 0.3) is 22.6 Å². The number of aromatic amines is 1. The number of rotatable bonds is 8. The normalized spacial score (nSPS) is 12.3. The molecule has 3 N–H and O–H groups in total. The van der Waals surface area contributed by atoms with Crippen molar-refractivity contribution < 1.29 is 5.11 Å². The summed E-state index contributed by atoms with van der Waals surface area (Å²) < 4.78 is 3.79. The topological polar surface area (TPSA) is 60.9 Å². The van der Waals surface area contributed by atoms with E-state index in [4.69, 9.17) is 11.6 Å². The molecule has 0 spiro atoms. The Bertz CT molecular complexity index is 885. The third-order valence-corrected chi connectivity index (χ3v) is 5.51. The smallest absolute Gasteiger partial charge is 0.137 e. The molecule has 0 fully saturated rings. The number of thiol groups is 1. The van der Waals surface area contributed by atoms with Gasteiger partial charge in [0.15, 0.2) is 0 Å². The zero-order valence-corrected chi connectivity index (χ0v) is 17.9. The van der Waals surface area contributed by atoms with Gasteiger partial charge in [0.25, 0.3) is 0 Å². The molecule has 0 amide bonds. The van der Waals surface area contributed by atoms with E-state index in [9.17, 15) is 5.11 Å². The Morgan fingerprint density at radius 1 is 1.15 bits per heavy atom. The maximum Gasteiger partial charge on any atom is 0.137 e. The third kappa shape index (κ3) is 5.59. The number of aryl methyl sites for hydroxylation is 1. The van der Waals surface area contributed by atoms with Crippen molar-refractivity contribution in [1.29, 1.82) is 0 Å². The number of aromatic nitrogens is 2. The van der Waals surface area contributed by atoms with E-state index in [0.717, 1.165) is 32.7 Å². The van der Waals surface area contributed by atoms with Crippen LogP contribution in [0.5, 0.6) is 0 Å². The molecule has 1 heterocycles. The van der Waals surface area contributed by atoms with Crippen LogP contribution in [0, 0.1) is 0 Å². The molecule has 0 saturated carbocycles. The van der Waals surface area contributed by atoms with Crippen molar-refractivity contribution in [2.24, 2.45) is 0 Å². The largest absolute Gasteiger partial charge is 0.393 e. The number of benzene rings is 2. The second kappa shape index (κ2) is 9.75. The molecule has 2 aromatic carbocycles. The molecule has 3 rings (SSSR count). The van der Waals surface area contributed by atoms with Gasteiger partial charge in [-0.15, -0.1) is 0 Å². The quantitative estimate of drug-likeness (QED) is 0.342. The molecule has 0 saturated heterocycles. The molecule has 0 radical (unpaired) electrons. The van der Waals surface area contributed by atoms with Crippen LogP contribution in [-0.2, 0) is 6.42 Å². The fraction of sp³-hybridized carbons (Fsp3) is 0.250. The number of hydrogen-bond donors (Lipinski definition) is 4. The van der Waals surface area contributed by atoms with Crippen molar-refractivity contribution in [3.8, 4) is 22.6 Å². The van der Waals surface area contributed by atoms with Crippen LogP contribution in [0.15, 0.2) is 53.1 Å². The van der Waals surface area contributed by atoms with Crippen molar-refractivity contribution in [2.45, 2.75) is 25.4 Å². The minimum absolute atomic E-state index is 0.378. The van der Waals surface area contributed by atoms with Gasteiger partial charge in [0.1, 0.15) is 5.82 Å². The Labute approximate surface area is 178 Å². The number of halogens is 2. The summed E-state index contributed by atoms with van der Waals surface area (Å²) >= 11 is 13.7. The fourth-order valence-electron chi connectivity index (χ4n) is 2.86. The molecular formula is C20H21BrClN3OS. The van der Waals surface area contributed by atoms with Gasteiger partial charge in [-0.3, -0.25) is 4.72 Å². The van der Waals surface area contributed by atoms with Gasteiger partial charge in [-0.2, -0.15) is 0 Å². The highest BCUT2D eigenvalue weighted by Gasteiger charge is 2.10. The number of hydrogen-bond acceptors (Lipinski definition) is 4. The summed E-state index contributed by atoms with van der Waals surface area (Å²) in [5.41, 5.74) is 4.02. The summed E-state index contributed by atoms with van der Waals surface area (Å²) in [6, 6.07) is 14.0. The van der Waals surface area contributed by atoms with E-state index in [0.29, 0.717) is 30.8 Å². The van der Waals surface area contributed by atoms with Crippen LogP contribution in [0.3, 0.4) is 0 Å². The summed E-state index contributed by atoms with van der Waals surface area (Å²) in [5.74, 6) is 0.797. The number of nitrogens with one attached hydrogen (secondary N) is 2. The highest BCUT2D eigenvalue weighted by atomic mass is 79.9. The van der Waals surface area contributed by atoms with Gasteiger partial charge >= 0.3 is 0 Å². The number of aliphatic hydroxyl groups is 1. The van der Waals surface area contributed by atoms with Gasteiger partial charge in [0, 0.05) is 21.6 Å². The van der Waals surface area contributed by atoms with Crippen molar-refractivity contribution in [1.82, 2.24) is 14.7 Å². The fourth-order valence-corrected chi connectivity index (χ4v) is 3.46. The number of aliphatic hydroxyl groups excluding tert-OH is 1. The number of H-pyrrole nitrogens is 1. The Kier molecular flexibility index (Phi) is 7.38. The minimum Gasteiger partial charge on any atom is -0.393 e. The van der Waals surface area contributed by atoms with E-state index in [1.54, 1.807) is 0 Å². The van der Waals surface area contributed by atoms with Gasteiger partial charge in [0.05, 0.1) is 18.0 Å². The lowest BCUT2D eigenvalue weighted by Gasteiger charge is -2.11. The first-order chi connectivity index (χ1) is 13.1. The molecule has 27 heavy (non-hydrogen) atoms. The first-order valence-electron chi connectivity index (χ1n) is 8.71. The predicted octanol–water partition coefficient (Wildman–Crippen LogP) is 5.28. The predicted molar refractivity (Wildman–Crippen MR) is 118 cm³/mol. The van der Waals surface area contributed by atoms with E-state index < -0.39 is 0 Å². The summed E-state index contributed by atoms with van der Waals surface area (Å²) in [6.07, 6.45) is 3.48. The maximum absolute atomic E-state index is 10.0. The Hall–Kier alpha value is -1.31. The maximum atomic E-state index is 10.0. The van der Waals surface area contributed by atoms with E-state index in [2.05, 4.69) is 43.4 Å². The molecule has 142 valence electrons. The lowest BCUT2D eigenvalue weighted by molar-refractivity contribution is 0.156. The van der Waals surface area contributed by atoms with Crippen LogP contribution in [-0.4, -0.2) is 27.7 Å². The second-order valence-corrected chi connectivity index (χ2v) is 7.99.